The van der Waals surface area contributed by atoms with Crippen LogP contribution in [-0.4, -0.2) is 38.1 Å². The van der Waals surface area contributed by atoms with Gasteiger partial charge >= 0.3 is 0 Å². The molecule has 6 heteroatoms. The van der Waals surface area contributed by atoms with Crippen molar-refractivity contribution in [1.29, 1.82) is 0 Å². The van der Waals surface area contributed by atoms with Crippen LogP contribution in [0.5, 0.6) is 0 Å². The van der Waals surface area contributed by atoms with E-state index in [-0.39, 0.29) is 5.91 Å². The van der Waals surface area contributed by atoms with Gasteiger partial charge in [0.15, 0.2) is 5.13 Å². The van der Waals surface area contributed by atoms with Crippen molar-refractivity contribution in [2.45, 2.75) is 12.8 Å². The molecular formula is C20H23ClN3OS+. The maximum absolute atomic E-state index is 13.0. The van der Waals surface area contributed by atoms with Crippen LogP contribution in [0.15, 0.2) is 48.5 Å². The van der Waals surface area contributed by atoms with Crippen molar-refractivity contribution in [3.05, 3.63) is 59.1 Å². The number of thiazole rings is 1. The van der Waals surface area contributed by atoms with E-state index in [0.29, 0.717) is 18.0 Å². The molecule has 3 rings (SSSR count). The van der Waals surface area contributed by atoms with Gasteiger partial charge in [-0.25, -0.2) is 4.98 Å². The van der Waals surface area contributed by atoms with E-state index < -0.39 is 0 Å². The number of hydrogen-bond donors (Lipinski definition) is 1. The Balaban J connectivity index is 1.86. The Bertz CT molecular complexity index is 879. The first-order chi connectivity index (χ1) is 12.5. The van der Waals surface area contributed by atoms with Crippen molar-refractivity contribution in [3.8, 4) is 0 Å². The largest absolute Gasteiger partial charge is 0.340 e. The van der Waals surface area contributed by atoms with Gasteiger partial charge in [0.2, 0.25) is 5.91 Å². The molecule has 0 fully saturated rings. The lowest BCUT2D eigenvalue weighted by molar-refractivity contribution is -0.858. The van der Waals surface area contributed by atoms with Crippen LogP contribution in [0.2, 0.25) is 5.02 Å². The van der Waals surface area contributed by atoms with Gasteiger partial charge in [-0.3, -0.25) is 9.69 Å². The number of carbonyl (C=O) groups is 1. The summed E-state index contributed by atoms with van der Waals surface area (Å²) in [6, 6.07) is 15.6. The molecule has 0 saturated heterocycles. The van der Waals surface area contributed by atoms with E-state index in [9.17, 15) is 4.79 Å². The lowest BCUT2D eigenvalue weighted by Gasteiger charge is -2.20. The van der Waals surface area contributed by atoms with E-state index in [1.165, 1.54) is 16.2 Å². The lowest BCUT2D eigenvalue weighted by atomic mass is 10.1. The average Bonchev–Trinajstić information content (AvgIpc) is 3.04. The van der Waals surface area contributed by atoms with Crippen LogP contribution in [0.4, 0.5) is 5.13 Å². The number of aromatic nitrogens is 1. The predicted molar refractivity (Wildman–Crippen MR) is 109 cm³/mol. The van der Waals surface area contributed by atoms with Crippen molar-refractivity contribution in [3.63, 3.8) is 0 Å². The number of rotatable bonds is 7. The number of fused-ring (bicyclic) bond motifs is 1. The Hall–Kier alpha value is -1.95. The fourth-order valence-electron chi connectivity index (χ4n) is 2.80. The molecule has 1 N–H and O–H groups in total. The number of amides is 1. The topological polar surface area (TPSA) is 37.6 Å². The molecule has 0 spiro atoms. The quantitative estimate of drug-likeness (QED) is 0.675. The normalized spacial score (nSPS) is 11.2. The van der Waals surface area contributed by atoms with E-state index in [2.05, 4.69) is 19.1 Å². The van der Waals surface area contributed by atoms with Crippen LogP contribution in [-0.2, 0) is 11.2 Å². The summed E-state index contributed by atoms with van der Waals surface area (Å²) in [7, 11) is 4.24. The number of benzene rings is 2. The highest BCUT2D eigenvalue weighted by molar-refractivity contribution is 7.22. The summed E-state index contributed by atoms with van der Waals surface area (Å²) in [4.78, 5) is 20.8. The molecule has 0 aliphatic carbocycles. The molecule has 1 amide bonds. The summed E-state index contributed by atoms with van der Waals surface area (Å²) in [6.07, 6.45) is 1.30. The van der Waals surface area contributed by atoms with Crippen molar-refractivity contribution in [2.24, 2.45) is 0 Å². The smallest absolute Gasteiger partial charge is 0.233 e. The number of nitrogens with zero attached hydrogens (tertiary/aromatic N) is 2. The first-order valence-corrected chi connectivity index (χ1v) is 9.92. The minimum absolute atomic E-state index is 0.0696. The molecule has 2 aromatic carbocycles. The fraction of sp³-hybridized carbons (Fsp3) is 0.300. The highest BCUT2D eigenvalue weighted by atomic mass is 35.5. The molecule has 0 aliphatic rings. The van der Waals surface area contributed by atoms with Crippen LogP contribution in [0, 0.1) is 0 Å². The number of quaternary nitrogens is 1. The average molecular weight is 389 g/mol. The van der Waals surface area contributed by atoms with Crippen molar-refractivity contribution < 1.29 is 9.69 Å². The van der Waals surface area contributed by atoms with Gasteiger partial charge in [0.05, 0.1) is 36.8 Å². The number of halogens is 1. The molecule has 0 bridgehead atoms. The van der Waals surface area contributed by atoms with E-state index in [4.69, 9.17) is 11.6 Å². The zero-order valence-corrected chi connectivity index (χ0v) is 16.6. The minimum Gasteiger partial charge on any atom is -0.340 e. The highest BCUT2D eigenvalue weighted by Crippen LogP contribution is 2.33. The molecular weight excluding hydrogens is 366 g/mol. The number of para-hydroxylation sites is 1. The zero-order chi connectivity index (χ0) is 18.5. The van der Waals surface area contributed by atoms with Crippen molar-refractivity contribution in [1.82, 2.24) is 4.98 Å². The molecule has 26 heavy (non-hydrogen) atoms. The second-order valence-corrected chi connectivity index (χ2v) is 8.02. The summed E-state index contributed by atoms with van der Waals surface area (Å²) >= 11 is 7.79. The Labute approximate surface area is 163 Å². The van der Waals surface area contributed by atoms with Crippen LogP contribution in [0.1, 0.15) is 12.0 Å². The number of hydrogen-bond acceptors (Lipinski definition) is 3. The standard InChI is InChI=1S/C20H22ClN3OS/c1-23(2)12-7-13-24(18(25)14-15-8-4-3-5-9-15)20-22-19-16(21)10-6-11-17(19)26-20/h3-6,8-11H,7,12-14H2,1-2H3/p+1. The molecule has 1 aromatic heterocycles. The van der Waals surface area contributed by atoms with E-state index in [0.717, 1.165) is 33.9 Å². The molecule has 4 nitrogen and oxygen atoms in total. The second kappa shape index (κ2) is 8.62. The molecule has 0 atom stereocenters. The number of nitrogens with one attached hydrogen (secondary N) is 1. The predicted octanol–water partition coefficient (Wildman–Crippen LogP) is 3.06. The molecule has 0 unspecified atom stereocenters. The summed E-state index contributed by atoms with van der Waals surface area (Å²) in [5, 5.41) is 1.35. The van der Waals surface area contributed by atoms with Crippen LogP contribution in [0.3, 0.4) is 0 Å². The van der Waals surface area contributed by atoms with Gasteiger partial charge in [-0.05, 0) is 17.7 Å². The Morgan fingerprint density at radius 3 is 2.62 bits per heavy atom. The monoisotopic (exact) mass is 388 g/mol. The SMILES string of the molecule is C[NH+](C)CCCN(C(=O)Cc1ccccc1)c1nc2c(Cl)cccc2s1. The van der Waals surface area contributed by atoms with Gasteiger partial charge in [-0.1, -0.05) is 59.3 Å². The van der Waals surface area contributed by atoms with E-state index >= 15 is 0 Å². The van der Waals surface area contributed by atoms with Gasteiger partial charge in [-0.15, -0.1) is 0 Å². The third-order valence-electron chi connectivity index (χ3n) is 4.15. The Kier molecular flexibility index (Phi) is 6.25. The van der Waals surface area contributed by atoms with Crippen LogP contribution < -0.4 is 9.80 Å². The molecule has 136 valence electrons. The minimum atomic E-state index is 0.0696. The van der Waals surface area contributed by atoms with Crippen molar-refractivity contribution >= 4 is 44.2 Å². The van der Waals surface area contributed by atoms with Gasteiger partial charge < -0.3 is 4.90 Å². The summed E-state index contributed by atoms with van der Waals surface area (Å²) in [5.41, 5.74) is 1.78. The molecule has 0 aliphatic heterocycles. The van der Waals surface area contributed by atoms with E-state index in [1.807, 2.05) is 53.4 Å². The van der Waals surface area contributed by atoms with Gasteiger partial charge in [0, 0.05) is 13.0 Å². The van der Waals surface area contributed by atoms with Crippen LogP contribution in [0.25, 0.3) is 10.2 Å². The summed E-state index contributed by atoms with van der Waals surface area (Å²) in [5.74, 6) is 0.0696. The van der Waals surface area contributed by atoms with Gasteiger partial charge in [0.1, 0.15) is 5.52 Å². The first kappa shape index (κ1) is 18.8. The highest BCUT2D eigenvalue weighted by Gasteiger charge is 2.20. The van der Waals surface area contributed by atoms with Crippen molar-refractivity contribution in [2.75, 3.05) is 32.1 Å². The molecule has 0 radical (unpaired) electrons. The van der Waals surface area contributed by atoms with Gasteiger partial charge in [0.25, 0.3) is 0 Å². The summed E-state index contributed by atoms with van der Waals surface area (Å²) < 4.78 is 1.00. The summed E-state index contributed by atoms with van der Waals surface area (Å²) in [6.45, 7) is 1.66. The lowest BCUT2D eigenvalue weighted by Crippen LogP contribution is -3.05. The van der Waals surface area contributed by atoms with Gasteiger partial charge in [-0.2, -0.15) is 0 Å². The molecule has 1 heterocycles. The second-order valence-electron chi connectivity index (χ2n) is 6.60. The first-order valence-electron chi connectivity index (χ1n) is 8.73. The third kappa shape index (κ3) is 4.61. The van der Waals surface area contributed by atoms with E-state index in [1.54, 1.807) is 0 Å². The Morgan fingerprint density at radius 2 is 1.92 bits per heavy atom. The molecule has 0 saturated carbocycles. The fourth-order valence-corrected chi connectivity index (χ4v) is 4.11. The zero-order valence-electron chi connectivity index (χ0n) is 15.0. The number of anilines is 1. The molecule has 3 aromatic rings. The maximum atomic E-state index is 13.0. The Morgan fingerprint density at radius 1 is 1.15 bits per heavy atom. The van der Waals surface area contributed by atoms with Crippen LogP contribution >= 0.6 is 22.9 Å². The third-order valence-corrected chi connectivity index (χ3v) is 5.50. The maximum Gasteiger partial charge on any atom is 0.233 e. The number of carbonyl (C=O) groups excluding carboxylic acids is 1.